The summed E-state index contributed by atoms with van der Waals surface area (Å²) in [6, 6.07) is 13.7. The van der Waals surface area contributed by atoms with Crippen molar-refractivity contribution in [1.29, 1.82) is 0 Å². The van der Waals surface area contributed by atoms with Crippen LogP contribution in [0.3, 0.4) is 0 Å². The molecule has 0 aliphatic carbocycles. The van der Waals surface area contributed by atoms with E-state index in [1.165, 1.54) is 48.5 Å². The van der Waals surface area contributed by atoms with Crippen LogP contribution in [0.25, 0.3) is 22.1 Å². The van der Waals surface area contributed by atoms with Crippen LogP contribution in [0.4, 0.5) is 17.6 Å². The first kappa shape index (κ1) is 21.6. The Morgan fingerprint density at radius 3 is 2.41 bits per heavy atom. The van der Waals surface area contributed by atoms with Crippen molar-refractivity contribution < 1.29 is 31.5 Å². The largest absolute Gasteiger partial charge is 0.450 e. The van der Waals surface area contributed by atoms with Crippen LogP contribution in [-0.4, -0.2) is 5.97 Å². The maximum Gasteiger partial charge on any atom is 0.450 e. The number of rotatable bonds is 3. The van der Waals surface area contributed by atoms with E-state index in [2.05, 4.69) is 0 Å². The van der Waals surface area contributed by atoms with Crippen molar-refractivity contribution in [3.63, 3.8) is 0 Å². The molecule has 32 heavy (non-hydrogen) atoms. The summed E-state index contributed by atoms with van der Waals surface area (Å²) in [5, 5.41) is -0.219. The molecule has 0 unspecified atom stereocenters. The minimum absolute atomic E-state index is 0.0507. The van der Waals surface area contributed by atoms with Crippen molar-refractivity contribution in [2.75, 3.05) is 0 Å². The standard InChI is InChI=1S/C23H11ClF4O4/c24-17-7-2-1-6-15(17)19-20(29)16-9-8-14(11-18(16)32-21(19)23(26,27)28)31-22(30)12-4-3-5-13(25)10-12/h1-11H. The zero-order valence-electron chi connectivity index (χ0n) is 15.9. The van der Waals surface area contributed by atoms with Crippen LogP contribution < -0.4 is 10.2 Å². The van der Waals surface area contributed by atoms with Crippen LogP contribution >= 0.6 is 11.6 Å². The lowest BCUT2D eigenvalue weighted by atomic mass is 10.0. The lowest BCUT2D eigenvalue weighted by Crippen LogP contribution is -2.16. The molecule has 9 heteroatoms. The van der Waals surface area contributed by atoms with Gasteiger partial charge in [-0.15, -0.1) is 0 Å². The summed E-state index contributed by atoms with van der Waals surface area (Å²) in [4.78, 5) is 25.2. The van der Waals surface area contributed by atoms with E-state index >= 15 is 0 Å². The highest BCUT2D eigenvalue weighted by molar-refractivity contribution is 6.33. The summed E-state index contributed by atoms with van der Waals surface area (Å²) in [5.41, 5.74) is -2.34. The van der Waals surface area contributed by atoms with Gasteiger partial charge >= 0.3 is 12.1 Å². The van der Waals surface area contributed by atoms with E-state index in [0.717, 1.165) is 18.2 Å². The van der Waals surface area contributed by atoms with E-state index in [4.69, 9.17) is 20.8 Å². The zero-order chi connectivity index (χ0) is 23.0. The van der Waals surface area contributed by atoms with Gasteiger partial charge in [0, 0.05) is 16.7 Å². The second-order valence-electron chi connectivity index (χ2n) is 6.67. The van der Waals surface area contributed by atoms with Crippen molar-refractivity contribution in [2.24, 2.45) is 0 Å². The Labute approximate surface area is 182 Å². The average molecular weight is 463 g/mol. The van der Waals surface area contributed by atoms with E-state index in [1.54, 1.807) is 0 Å². The van der Waals surface area contributed by atoms with Gasteiger partial charge in [0.2, 0.25) is 11.2 Å². The average Bonchev–Trinajstić information content (AvgIpc) is 2.73. The quantitative estimate of drug-likeness (QED) is 0.198. The van der Waals surface area contributed by atoms with E-state index in [0.29, 0.717) is 0 Å². The normalized spacial score (nSPS) is 11.5. The lowest BCUT2D eigenvalue weighted by Gasteiger charge is -2.14. The molecule has 0 bridgehead atoms. The lowest BCUT2D eigenvalue weighted by molar-refractivity contribution is -0.152. The molecule has 0 aliphatic heterocycles. The predicted molar refractivity (Wildman–Crippen MR) is 109 cm³/mol. The van der Waals surface area contributed by atoms with Crippen LogP contribution in [0, 0.1) is 5.82 Å². The molecule has 0 atom stereocenters. The van der Waals surface area contributed by atoms with Gasteiger partial charge in [0.15, 0.2) is 0 Å². The third kappa shape index (κ3) is 4.09. The number of hydrogen-bond acceptors (Lipinski definition) is 4. The van der Waals surface area contributed by atoms with Gasteiger partial charge in [-0.25, -0.2) is 9.18 Å². The second kappa shape index (κ2) is 8.12. The summed E-state index contributed by atoms with van der Waals surface area (Å²) >= 11 is 6.02. The molecular weight excluding hydrogens is 452 g/mol. The predicted octanol–water partition coefficient (Wildman–Crippen LogP) is 6.49. The fourth-order valence-corrected chi connectivity index (χ4v) is 3.36. The first-order chi connectivity index (χ1) is 15.1. The van der Waals surface area contributed by atoms with E-state index in [1.807, 2.05) is 0 Å². The number of benzene rings is 3. The number of ether oxygens (including phenoxy) is 1. The van der Waals surface area contributed by atoms with Gasteiger partial charge in [-0.05, 0) is 36.4 Å². The molecule has 4 aromatic rings. The maximum atomic E-state index is 13.7. The Hall–Kier alpha value is -3.65. The van der Waals surface area contributed by atoms with E-state index in [9.17, 15) is 27.2 Å². The first-order valence-electron chi connectivity index (χ1n) is 9.06. The molecule has 0 fully saturated rings. The molecule has 162 valence electrons. The number of fused-ring (bicyclic) bond motifs is 1. The summed E-state index contributed by atoms with van der Waals surface area (Å²) in [6.45, 7) is 0. The molecule has 0 spiro atoms. The maximum absolute atomic E-state index is 13.7. The number of hydrogen-bond donors (Lipinski definition) is 0. The molecular formula is C23H11ClF4O4. The fraction of sp³-hybridized carbons (Fsp3) is 0.0435. The fourth-order valence-electron chi connectivity index (χ4n) is 3.13. The summed E-state index contributed by atoms with van der Waals surface area (Å²) in [7, 11) is 0. The molecule has 0 saturated heterocycles. The molecule has 0 aliphatic rings. The number of carbonyl (C=O) groups is 1. The minimum Gasteiger partial charge on any atom is -0.450 e. The molecule has 1 aromatic heterocycles. The third-order valence-electron chi connectivity index (χ3n) is 4.54. The Kier molecular flexibility index (Phi) is 5.48. The molecule has 4 nitrogen and oxygen atoms in total. The molecule has 0 radical (unpaired) electrons. The van der Waals surface area contributed by atoms with Gasteiger partial charge in [0.05, 0.1) is 16.5 Å². The minimum atomic E-state index is -5.00. The molecule has 0 amide bonds. The Morgan fingerprint density at radius 2 is 1.72 bits per heavy atom. The van der Waals surface area contributed by atoms with E-state index in [-0.39, 0.29) is 27.3 Å². The smallest absolute Gasteiger partial charge is 0.450 e. The molecule has 1 heterocycles. The van der Waals surface area contributed by atoms with Crippen molar-refractivity contribution >= 4 is 28.5 Å². The van der Waals surface area contributed by atoms with Crippen molar-refractivity contribution in [2.45, 2.75) is 6.18 Å². The zero-order valence-corrected chi connectivity index (χ0v) is 16.6. The highest BCUT2D eigenvalue weighted by atomic mass is 35.5. The Balaban J connectivity index is 1.84. The topological polar surface area (TPSA) is 56.5 Å². The number of carbonyl (C=O) groups excluding carboxylic acids is 1. The van der Waals surface area contributed by atoms with Crippen LogP contribution in [0.1, 0.15) is 16.1 Å². The van der Waals surface area contributed by atoms with Gasteiger partial charge in [0.25, 0.3) is 0 Å². The van der Waals surface area contributed by atoms with Gasteiger partial charge in [-0.2, -0.15) is 13.2 Å². The number of alkyl halides is 3. The van der Waals surface area contributed by atoms with Crippen molar-refractivity contribution in [1.82, 2.24) is 0 Å². The number of halogens is 5. The van der Waals surface area contributed by atoms with Gasteiger partial charge in [-0.1, -0.05) is 35.9 Å². The molecule has 0 N–H and O–H groups in total. The SMILES string of the molecule is O=C(Oc1ccc2c(=O)c(-c3ccccc3Cl)c(C(F)(F)F)oc2c1)c1cccc(F)c1. The molecule has 0 saturated carbocycles. The summed E-state index contributed by atoms with van der Waals surface area (Å²) in [6.07, 6.45) is -5.00. The van der Waals surface area contributed by atoms with Crippen LogP contribution in [0.15, 0.2) is 75.9 Å². The third-order valence-corrected chi connectivity index (χ3v) is 4.86. The van der Waals surface area contributed by atoms with Crippen molar-refractivity contribution in [3.8, 4) is 16.9 Å². The van der Waals surface area contributed by atoms with Crippen LogP contribution in [-0.2, 0) is 6.18 Å². The van der Waals surface area contributed by atoms with Gasteiger partial charge < -0.3 is 9.15 Å². The molecule has 3 aromatic carbocycles. The second-order valence-corrected chi connectivity index (χ2v) is 7.08. The Morgan fingerprint density at radius 1 is 0.969 bits per heavy atom. The van der Waals surface area contributed by atoms with E-state index < -0.39 is 40.3 Å². The highest BCUT2D eigenvalue weighted by Crippen LogP contribution is 2.39. The van der Waals surface area contributed by atoms with Gasteiger partial charge in [-0.3, -0.25) is 4.79 Å². The van der Waals surface area contributed by atoms with Crippen LogP contribution in [0.5, 0.6) is 5.75 Å². The number of esters is 1. The monoisotopic (exact) mass is 462 g/mol. The summed E-state index contributed by atoms with van der Waals surface area (Å²) in [5.74, 6) is -3.31. The van der Waals surface area contributed by atoms with Crippen LogP contribution in [0.2, 0.25) is 5.02 Å². The van der Waals surface area contributed by atoms with Gasteiger partial charge in [0.1, 0.15) is 17.1 Å². The first-order valence-corrected chi connectivity index (χ1v) is 9.43. The highest BCUT2D eigenvalue weighted by Gasteiger charge is 2.39. The van der Waals surface area contributed by atoms with Crippen molar-refractivity contribution in [3.05, 3.63) is 99.1 Å². The summed E-state index contributed by atoms with van der Waals surface area (Å²) < 4.78 is 64.7. The molecule has 4 rings (SSSR count). The Bertz CT molecular complexity index is 1410.